The van der Waals surface area contributed by atoms with Gasteiger partial charge in [-0.05, 0) is 44.2 Å². The van der Waals surface area contributed by atoms with Gasteiger partial charge in [0.2, 0.25) is 11.8 Å². The quantitative estimate of drug-likeness (QED) is 0.557. The summed E-state index contributed by atoms with van der Waals surface area (Å²) in [5, 5.41) is 13.2. The van der Waals surface area contributed by atoms with Gasteiger partial charge in [-0.2, -0.15) is 5.10 Å². The van der Waals surface area contributed by atoms with Crippen LogP contribution in [0.1, 0.15) is 17.8 Å². The van der Waals surface area contributed by atoms with Gasteiger partial charge in [-0.3, -0.25) is 9.59 Å². The molecule has 10 heteroatoms. The molecule has 2 saturated heterocycles. The number of anilines is 2. The van der Waals surface area contributed by atoms with E-state index in [2.05, 4.69) is 20.2 Å². The van der Waals surface area contributed by atoms with E-state index in [0.717, 1.165) is 22.9 Å². The summed E-state index contributed by atoms with van der Waals surface area (Å²) in [5.41, 5.74) is 2.70. The van der Waals surface area contributed by atoms with E-state index in [4.69, 9.17) is 4.74 Å². The van der Waals surface area contributed by atoms with Crippen LogP contribution in [0.4, 0.5) is 11.5 Å². The Balaban J connectivity index is 1.18. The van der Waals surface area contributed by atoms with Crippen LogP contribution in [0.2, 0.25) is 0 Å². The second-order valence-corrected chi connectivity index (χ2v) is 9.01. The van der Waals surface area contributed by atoms with E-state index in [1.807, 2.05) is 61.2 Å². The lowest BCUT2D eigenvalue weighted by Crippen LogP contribution is -2.51. The van der Waals surface area contributed by atoms with Crippen molar-refractivity contribution < 1.29 is 14.3 Å². The van der Waals surface area contributed by atoms with Crippen LogP contribution in [0.3, 0.4) is 0 Å². The molecular weight excluding hydrogens is 446 g/mol. The summed E-state index contributed by atoms with van der Waals surface area (Å²) in [4.78, 5) is 31.5. The molecule has 2 fully saturated rings. The SMILES string of the molecule is COc1cccc(N2CC(C(=O)N3CCN(c4ccc(-n5nc(C)cc5C)nn4)CC3)CC2=O)c1. The Morgan fingerprint density at radius 3 is 2.40 bits per heavy atom. The molecule has 0 N–H and O–H groups in total. The molecule has 4 heterocycles. The Kier molecular flexibility index (Phi) is 6.10. The number of aromatic nitrogens is 4. The van der Waals surface area contributed by atoms with Crippen LogP contribution in [-0.4, -0.2) is 76.5 Å². The fourth-order valence-electron chi connectivity index (χ4n) is 4.78. The highest BCUT2D eigenvalue weighted by Crippen LogP contribution is 2.29. The number of nitrogens with zero attached hydrogens (tertiary/aromatic N) is 7. The zero-order valence-corrected chi connectivity index (χ0v) is 20.2. The Bertz CT molecular complexity index is 1230. The standard InChI is InChI=1S/C25H29N7O3/c1-17-13-18(2)32(28-17)23-8-7-22(26-27-23)29-9-11-30(12-10-29)25(34)19-14-24(33)31(16-19)20-5-4-6-21(15-20)35-3/h4-8,13,15,19H,9-12,14,16H2,1-3H3. The normalized spacial score (nSPS) is 18.3. The van der Waals surface area contributed by atoms with Crippen LogP contribution in [0, 0.1) is 19.8 Å². The number of amides is 2. The molecule has 0 aliphatic carbocycles. The summed E-state index contributed by atoms with van der Waals surface area (Å²) < 4.78 is 7.05. The van der Waals surface area contributed by atoms with E-state index in [1.165, 1.54) is 0 Å². The number of carbonyl (C=O) groups excluding carboxylic acids is 2. The van der Waals surface area contributed by atoms with Gasteiger partial charge in [0.1, 0.15) is 5.75 Å². The highest BCUT2D eigenvalue weighted by atomic mass is 16.5. The van der Waals surface area contributed by atoms with Gasteiger partial charge >= 0.3 is 0 Å². The molecule has 35 heavy (non-hydrogen) atoms. The summed E-state index contributed by atoms with van der Waals surface area (Å²) in [6.45, 7) is 6.83. The van der Waals surface area contributed by atoms with Crippen molar-refractivity contribution in [3.05, 3.63) is 53.9 Å². The summed E-state index contributed by atoms with van der Waals surface area (Å²) in [6, 6.07) is 13.2. The van der Waals surface area contributed by atoms with E-state index in [9.17, 15) is 9.59 Å². The molecule has 10 nitrogen and oxygen atoms in total. The number of benzene rings is 1. The predicted molar refractivity (Wildman–Crippen MR) is 131 cm³/mol. The van der Waals surface area contributed by atoms with Crippen LogP contribution >= 0.6 is 0 Å². The maximum atomic E-state index is 13.2. The molecule has 2 aliphatic rings. The first kappa shape index (κ1) is 22.8. The summed E-state index contributed by atoms with van der Waals surface area (Å²) in [7, 11) is 1.60. The van der Waals surface area contributed by atoms with Gasteiger partial charge in [-0.25, -0.2) is 4.68 Å². The Morgan fingerprint density at radius 2 is 1.74 bits per heavy atom. The third kappa shape index (κ3) is 4.55. The first-order chi connectivity index (χ1) is 16.9. The largest absolute Gasteiger partial charge is 0.497 e. The molecule has 0 spiro atoms. The lowest BCUT2D eigenvalue weighted by atomic mass is 10.1. The highest BCUT2D eigenvalue weighted by Gasteiger charge is 2.38. The van der Waals surface area contributed by atoms with Crippen LogP contribution in [0.15, 0.2) is 42.5 Å². The molecule has 0 saturated carbocycles. The van der Waals surface area contributed by atoms with E-state index in [1.54, 1.807) is 16.7 Å². The molecule has 3 aromatic rings. The number of rotatable bonds is 5. The van der Waals surface area contributed by atoms with E-state index in [0.29, 0.717) is 44.3 Å². The smallest absolute Gasteiger partial charge is 0.228 e. The minimum atomic E-state index is -0.333. The Labute approximate surface area is 204 Å². The van der Waals surface area contributed by atoms with Gasteiger partial charge in [0.05, 0.1) is 18.7 Å². The van der Waals surface area contributed by atoms with Crippen molar-refractivity contribution in [2.24, 2.45) is 5.92 Å². The first-order valence-electron chi connectivity index (χ1n) is 11.8. The number of carbonyl (C=O) groups is 2. The van der Waals surface area contributed by atoms with Crippen LogP contribution in [-0.2, 0) is 9.59 Å². The number of hydrogen-bond acceptors (Lipinski definition) is 7. The molecule has 2 aliphatic heterocycles. The Hall–Kier alpha value is -3.95. The topological polar surface area (TPSA) is 96.7 Å². The third-order valence-corrected chi connectivity index (χ3v) is 6.62. The maximum absolute atomic E-state index is 13.2. The van der Waals surface area contributed by atoms with Crippen molar-refractivity contribution >= 4 is 23.3 Å². The van der Waals surface area contributed by atoms with Gasteiger partial charge < -0.3 is 19.4 Å². The highest BCUT2D eigenvalue weighted by molar-refractivity contribution is 6.00. The van der Waals surface area contributed by atoms with Crippen molar-refractivity contribution in [3.8, 4) is 11.6 Å². The molecule has 0 bridgehead atoms. The van der Waals surface area contributed by atoms with Crippen molar-refractivity contribution in [2.75, 3.05) is 49.6 Å². The van der Waals surface area contributed by atoms with Gasteiger partial charge in [-0.1, -0.05) is 6.07 Å². The molecular formula is C25H29N7O3. The Morgan fingerprint density at radius 1 is 1.00 bits per heavy atom. The fraction of sp³-hybridized carbons (Fsp3) is 0.400. The molecule has 1 unspecified atom stereocenters. The van der Waals surface area contributed by atoms with Crippen LogP contribution in [0.25, 0.3) is 5.82 Å². The van der Waals surface area contributed by atoms with E-state index < -0.39 is 0 Å². The van der Waals surface area contributed by atoms with Gasteiger partial charge in [0.25, 0.3) is 0 Å². The van der Waals surface area contributed by atoms with E-state index in [-0.39, 0.29) is 24.2 Å². The average Bonchev–Trinajstić information content (AvgIpc) is 3.44. The van der Waals surface area contributed by atoms with E-state index >= 15 is 0 Å². The maximum Gasteiger partial charge on any atom is 0.228 e. The molecule has 5 rings (SSSR count). The van der Waals surface area contributed by atoms with Crippen molar-refractivity contribution in [2.45, 2.75) is 20.3 Å². The second-order valence-electron chi connectivity index (χ2n) is 9.01. The lowest BCUT2D eigenvalue weighted by molar-refractivity contribution is -0.136. The zero-order valence-electron chi connectivity index (χ0n) is 20.2. The zero-order chi connectivity index (χ0) is 24.5. The van der Waals surface area contributed by atoms with Crippen molar-refractivity contribution in [3.63, 3.8) is 0 Å². The number of methoxy groups -OCH3 is 1. The van der Waals surface area contributed by atoms with Crippen LogP contribution < -0.4 is 14.5 Å². The summed E-state index contributed by atoms with van der Waals surface area (Å²) in [5.74, 6) is 1.82. The van der Waals surface area contributed by atoms with Gasteiger partial charge in [-0.15, -0.1) is 10.2 Å². The molecule has 0 radical (unpaired) electrons. The average molecular weight is 476 g/mol. The number of ether oxygens (including phenoxy) is 1. The van der Waals surface area contributed by atoms with Crippen molar-refractivity contribution in [1.29, 1.82) is 0 Å². The van der Waals surface area contributed by atoms with Crippen molar-refractivity contribution in [1.82, 2.24) is 24.9 Å². The lowest BCUT2D eigenvalue weighted by Gasteiger charge is -2.36. The molecule has 2 aromatic heterocycles. The summed E-state index contributed by atoms with van der Waals surface area (Å²) >= 11 is 0. The minimum Gasteiger partial charge on any atom is -0.497 e. The third-order valence-electron chi connectivity index (χ3n) is 6.62. The molecule has 1 aromatic carbocycles. The monoisotopic (exact) mass is 475 g/mol. The predicted octanol–water partition coefficient (Wildman–Crippen LogP) is 1.99. The molecule has 2 amide bonds. The number of aryl methyl sites for hydroxylation is 2. The summed E-state index contributed by atoms with van der Waals surface area (Å²) in [6.07, 6.45) is 0.232. The van der Waals surface area contributed by atoms with Gasteiger partial charge in [0, 0.05) is 56.6 Å². The second kappa shape index (κ2) is 9.36. The minimum absolute atomic E-state index is 0.0341. The first-order valence-corrected chi connectivity index (χ1v) is 11.8. The number of hydrogen-bond donors (Lipinski definition) is 0. The fourth-order valence-corrected chi connectivity index (χ4v) is 4.78. The number of piperazine rings is 1. The molecule has 1 atom stereocenters. The molecule has 182 valence electrons. The van der Waals surface area contributed by atoms with Crippen LogP contribution in [0.5, 0.6) is 5.75 Å². The van der Waals surface area contributed by atoms with Gasteiger partial charge in [0.15, 0.2) is 11.6 Å².